The molecule has 0 atom stereocenters. The highest BCUT2D eigenvalue weighted by Gasteiger charge is 2.23. The van der Waals surface area contributed by atoms with Gasteiger partial charge in [0.15, 0.2) is 29.3 Å². The van der Waals surface area contributed by atoms with Crippen LogP contribution >= 0.6 is 0 Å². The number of aryl methyl sites for hydroxylation is 1. The molecule has 0 spiro atoms. The van der Waals surface area contributed by atoms with Crippen LogP contribution in [0.25, 0.3) is 22.0 Å². The van der Waals surface area contributed by atoms with Crippen LogP contribution in [-0.4, -0.2) is 31.9 Å². The van der Waals surface area contributed by atoms with Crippen molar-refractivity contribution in [2.75, 3.05) is 21.0 Å². The van der Waals surface area contributed by atoms with E-state index in [1.165, 1.54) is 18.8 Å². The first-order valence-electron chi connectivity index (χ1n) is 8.64. The molecule has 0 saturated carbocycles. The van der Waals surface area contributed by atoms with Crippen LogP contribution in [0.4, 0.5) is 0 Å². The number of aldehydes is 1. The number of nitrogens with zero attached hydrogens (tertiary/aromatic N) is 1. The average molecular weight is 381 g/mol. The summed E-state index contributed by atoms with van der Waals surface area (Å²) in [5, 5.41) is 0.882. The molecule has 7 heteroatoms. The van der Waals surface area contributed by atoms with Gasteiger partial charge in [-0.2, -0.15) is 0 Å². The number of hydrogen-bond donors (Lipinski definition) is 0. The van der Waals surface area contributed by atoms with Crippen molar-refractivity contribution in [2.45, 2.75) is 6.92 Å². The highest BCUT2D eigenvalue weighted by atomic mass is 16.7. The Labute approximate surface area is 161 Å². The maximum absolute atomic E-state index is 13.1. The van der Waals surface area contributed by atoms with Crippen molar-refractivity contribution in [1.82, 2.24) is 4.57 Å². The molecule has 0 N–H and O–H groups in total. The van der Waals surface area contributed by atoms with Crippen LogP contribution in [0.2, 0.25) is 0 Å². The summed E-state index contributed by atoms with van der Waals surface area (Å²) in [7, 11) is 4.65. The van der Waals surface area contributed by atoms with E-state index in [-0.39, 0.29) is 12.4 Å². The molecule has 2 aromatic carbocycles. The molecule has 3 aromatic rings. The number of carbonyl (C=O) groups excluding carboxylic acids is 1. The minimum atomic E-state index is -0.242. The van der Waals surface area contributed by atoms with Crippen molar-refractivity contribution in [3.63, 3.8) is 0 Å². The van der Waals surface area contributed by atoms with E-state index >= 15 is 0 Å². The zero-order chi connectivity index (χ0) is 20.0. The van der Waals surface area contributed by atoms with Crippen LogP contribution in [0.3, 0.4) is 0 Å². The van der Waals surface area contributed by atoms with Crippen molar-refractivity contribution >= 4 is 17.1 Å². The van der Waals surface area contributed by atoms with Gasteiger partial charge in [-0.25, -0.2) is 0 Å². The van der Waals surface area contributed by atoms with Gasteiger partial charge in [-0.1, -0.05) is 0 Å². The second-order valence-electron chi connectivity index (χ2n) is 6.52. The van der Waals surface area contributed by atoms with Gasteiger partial charge in [0.1, 0.15) is 0 Å². The Morgan fingerprint density at radius 2 is 1.61 bits per heavy atom. The van der Waals surface area contributed by atoms with Gasteiger partial charge in [0.2, 0.25) is 6.79 Å². The normalized spacial score (nSPS) is 12.3. The molecule has 4 rings (SSSR count). The van der Waals surface area contributed by atoms with Gasteiger partial charge in [-0.05, 0) is 36.8 Å². The zero-order valence-corrected chi connectivity index (χ0v) is 16.0. The van der Waals surface area contributed by atoms with Crippen molar-refractivity contribution in [3.8, 4) is 34.3 Å². The van der Waals surface area contributed by atoms with Crippen LogP contribution in [0.15, 0.2) is 29.1 Å². The SMILES string of the molecule is COc1cc2c(C=O)c(-c3cc4c(cc3C)OCO4)n(C)c(=O)c2cc1OC. The maximum Gasteiger partial charge on any atom is 0.258 e. The smallest absolute Gasteiger partial charge is 0.258 e. The Morgan fingerprint density at radius 3 is 2.21 bits per heavy atom. The molecule has 0 aliphatic carbocycles. The first-order valence-corrected chi connectivity index (χ1v) is 8.64. The predicted molar refractivity (Wildman–Crippen MR) is 104 cm³/mol. The van der Waals surface area contributed by atoms with E-state index in [2.05, 4.69) is 0 Å². The lowest BCUT2D eigenvalue weighted by Gasteiger charge is -2.18. The number of carbonyl (C=O) groups is 1. The van der Waals surface area contributed by atoms with Gasteiger partial charge in [0.05, 0.1) is 25.3 Å². The average Bonchev–Trinajstić information content (AvgIpc) is 3.16. The minimum absolute atomic E-state index is 0.145. The third-order valence-electron chi connectivity index (χ3n) is 5.03. The van der Waals surface area contributed by atoms with Gasteiger partial charge >= 0.3 is 0 Å². The molecule has 0 fully saturated rings. The Bertz CT molecular complexity index is 1180. The van der Waals surface area contributed by atoms with Crippen LogP contribution in [0, 0.1) is 6.92 Å². The molecule has 7 nitrogen and oxygen atoms in total. The van der Waals surface area contributed by atoms with Gasteiger partial charge in [0.25, 0.3) is 5.56 Å². The lowest BCUT2D eigenvalue weighted by molar-refractivity contribution is 0.112. The maximum atomic E-state index is 13.1. The topological polar surface area (TPSA) is 76.0 Å². The molecule has 0 bridgehead atoms. The summed E-state index contributed by atoms with van der Waals surface area (Å²) in [4.78, 5) is 25.2. The minimum Gasteiger partial charge on any atom is -0.493 e. The highest BCUT2D eigenvalue weighted by Crippen LogP contribution is 2.40. The number of benzene rings is 2. The van der Waals surface area contributed by atoms with E-state index in [1.807, 2.05) is 13.0 Å². The van der Waals surface area contributed by atoms with E-state index in [1.54, 1.807) is 25.2 Å². The molecule has 1 aromatic heterocycles. The molecule has 144 valence electrons. The number of hydrogen-bond acceptors (Lipinski definition) is 6. The molecule has 1 aliphatic rings. The summed E-state index contributed by atoms with van der Waals surface area (Å²) in [5.41, 5.74) is 2.24. The van der Waals surface area contributed by atoms with E-state index < -0.39 is 0 Å². The van der Waals surface area contributed by atoms with Crippen LogP contribution < -0.4 is 24.5 Å². The van der Waals surface area contributed by atoms with E-state index in [0.29, 0.717) is 45.0 Å². The van der Waals surface area contributed by atoms with E-state index in [9.17, 15) is 9.59 Å². The molecule has 0 amide bonds. The Morgan fingerprint density at radius 1 is 1.00 bits per heavy atom. The molecule has 0 saturated heterocycles. The second kappa shape index (κ2) is 6.60. The number of fused-ring (bicyclic) bond motifs is 2. The molecule has 0 radical (unpaired) electrons. The van der Waals surface area contributed by atoms with Crippen molar-refractivity contribution in [1.29, 1.82) is 0 Å². The van der Waals surface area contributed by atoms with E-state index in [0.717, 1.165) is 17.4 Å². The number of rotatable bonds is 4. The summed E-state index contributed by atoms with van der Waals surface area (Å²) in [5.74, 6) is 2.10. The van der Waals surface area contributed by atoms with Crippen molar-refractivity contribution in [2.24, 2.45) is 7.05 Å². The van der Waals surface area contributed by atoms with Gasteiger partial charge in [0, 0.05) is 23.6 Å². The summed E-state index contributed by atoms with van der Waals surface area (Å²) in [6.45, 7) is 2.04. The van der Waals surface area contributed by atoms with Gasteiger partial charge in [-0.15, -0.1) is 0 Å². The summed E-state index contributed by atoms with van der Waals surface area (Å²) < 4.78 is 23.0. The number of ether oxygens (including phenoxy) is 4. The number of pyridine rings is 1. The van der Waals surface area contributed by atoms with Crippen molar-refractivity contribution < 1.29 is 23.7 Å². The highest BCUT2D eigenvalue weighted by molar-refractivity contribution is 6.04. The second-order valence-corrected chi connectivity index (χ2v) is 6.52. The van der Waals surface area contributed by atoms with Crippen LogP contribution in [0.5, 0.6) is 23.0 Å². The van der Waals surface area contributed by atoms with Gasteiger partial charge < -0.3 is 23.5 Å². The first-order chi connectivity index (χ1) is 13.5. The summed E-state index contributed by atoms with van der Waals surface area (Å²) >= 11 is 0. The lowest BCUT2D eigenvalue weighted by atomic mass is 9.96. The molecule has 0 unspecified atom stereocenters. The number of aromatic nitrogens is 1. The van der Waals surface area contributed by atoms with E-state index in [4.69, 9.17) is 18.9 Å². The Kier molecular flexibility index (Phi) is 4.22. The first kappa shape index (κ1) is 17.9. The lowest BCUT2D eigenvalue weighted by Crippen LogP contribution is -2.21. The summed E-state index contributed by atoms with van der Waals surface area (Å²) in [6.07, 6.45) is 0.757. The molecule has 28 heavy (non-hydrogen) atoms. The standard InChI is InChI=1S/C21H19NO6/c1-11-5-18-19(28-10-27-18)6-12(11)20-15(9-23)13-7-16(25-3)17(26-4)8-14(13)21(24)22(20)2/h5-9H,10H2,1-4H3. The zero-order valence-electron chi connectivity index (χ0n) is 16.0. The third-order valence-corrected chi connectivity index (χ3v) is 5.03. The van der Waals surface area contributed by atoms with Crippen molar-refractivity contribution in [3.05, 3.63) is 45.7 Å². The molecular weight excluding hydrogens is 362 g/mol. The fourth-order valence-corrected chi connectivity index (χ4v) is 3.61. The fraction of sp³-hybridized carbons (Fsp3) is 0.238. The van der Waals surface area contributed by atoms with Crippen LogP contribution in [0.1, 0.15) is 15.9 Å². The van der Waals surface area contributed by atoms with Gasteiger partial charge in [-0.3, -0.25) is 9.59 Å². The van der Waals surface area contributed by atoms with Crippen LogP contribution in [-0.2, 0) is 7.05 Å². The third kappa shape index (κ3) is 2.51. The Balaban J connectivity index is 2.12. The summed E-state index contributed by atoms with van der Waals surface area (Å²) in [6, 6.07) is 6.90. The Hall–Kier alpha value is -3.48. The molecular formula is C21H19NO6. The largest absolute Gasteiger partial charge is 0.493 e. The molecule has 2 heterocycles. The number of methoxy groups -OCH3 is 2. The predicted octanol–water partition coefficient (Wildman–Crippen LogP) is 3.07. The monoisotopic (exact) mass is 381 g/mol. The quantitative estimate of drug-likeness (QED) is 0.647. The fourth-order valence-electron chi connectivity index (χ4n) is 3.61. The molecule has 1 aliphatic heterocycles.